The standard InChI is InChI=1S/C4H6N2.W/c1-3-6-4(2)5;/h1-2H3;/q-2;+2. The van der Waals surface area contributed by atoms with Crippen LogP contribution in [-0.2, 0) is 21.1 Å². The van der Waals surface area contributed by atoms with E-state index in [2.05, 4.69) is 11.2 Å². The Balaban J connectivity index is 0. The van der Waals surface area contributed by atoms with Gasteiger partial charge in [-0.1, -0.05) is 0 Å². The molecule has 0 heterocycles. The van der Waals surface area contributed by atoms with E-state index < -0.39 is 0 Å². The molecule has 0 unspecified atom stereocenters. The third kappa shape index (κ3) is 10.7. The minimum absolute atomic E-state index is 0. The molecule has 0 aliphatic carbocycles. The van der Waals surface area contributed by atoms with Crippen LogP contribution in [0.15, 0.2) is 4.99 Å². The first-order valence-corrected chi connectivity index (χ1v) is 1.67. The van der Waals surface area contributed by atoms with Gasteiger partial charge in [0.1, 0.15) is 0 Å². The molecule has 3 heteroatoms. The van der Waals surface area contributed by atoms with E-state index in [4.69, 9.17) is 5.41 Å². The van der Waals surface area contributed by atoms with Crippen LogP contribution in [0.1, 0.15) is 13.8 Å². The van der Waals surface area contributed by atoms with Crippen molar-refractivity contribution in [2.24, 2.45) is 4.99 Å². The number of aliphatic imine (C=N–C) groups is 1. The van der Waals surface area contributed by atoms with Gasteiger partial charge >= 0.3 is 21.1 Å². The summed E-state index contributed by atoms with van der Waals surface area (Å²) in [4.78, 5) is 3.35. The van der Waals surface area contributed by atoms with Crippen molar-refractivity contribution in [3.05, 3.63) is 5.41 Å². The molecule has 0 amide bonds. The van der Waals surface area contributed by atoms with Gasteiger partial charge in [0.05, 0.1) is 0 Å². The fourth-order valence-electron chi connectivity index (χ4n) is 0.162. The van der Waals surface area contributed by atoms with Crippen LogP contribution in [0, 0.1) is 0 Å². The van der Waals surface area contributed by atoms with Crippen molar-refractivity contribution in [1.29, 1.82) is 0 Å². The zero-order valence-electron chi connectivity index (χ0n) is 4.30. The summed E-state index contributed by atoms with van der Waals surface area (Å²) in [6.07, 6.45) is 2.41. The van der Waals surface area contributed by atoms with E-state index in [1.54, 1.807) is 6.92 Å². The van der Waals surface area contributed by atoms with Crippen LogP contribution in [0.3, 0.4) is 0 Å². The Hall–Kier alpha value is 0.0283. The predicted molar refractivity (Wildman–Crippen MR) is 27.1 cm³/mol. The molecule has 0 radical (unpaired) electrons. The number of hydrogen-bond acceptors (Lipinski definition) is 0. The first kappa shape index (κ1) is 10.1. The molecule has 7 heavy (non-hydrogen) atoms. The Labute approximate surface area is 57.8 Å². The minimum atomic E-state index is 0. The Morgan fingerprint density at radius 2 is 2.14 bits per heavy atom. The van der Waals surface area contributed by atoms with Crippen LogP contribution < -0.4 is 0 Å². The Kier molecular flexibility index (Phi) is 8.70. The van der Waals surface area contributed by atoms with Crippen molar-refractivity contribution >= 4 is 12.1 Å². The number of amidine groups is 1. The van der Waals surface area contributed by atoms with E-state index in [-0.39, 0.29) is 26.9 Å². The molecule has 0 fully saturated rings. The largest absolute Gasteiger partial charge is 2.00 e. The average molecular weight is 266 g/mol. The van der Waals surface area contributed by atoms with Crippen molar-refractivity contribution in [3.63, 3.8) is 0 Å². The molecule has 38 valence electrons. The van der Waals surface area contributed by atoms with E-state index >= 15 is 0 Å². The zero-order chi connectivity index (χ0) is 4.99. The van der Waals surface area contributed by atoms with Gasteiger partial charge in [-0.2, -0.15) is 0 Å². The summed E-state index contributed by atoms with van der Waals surface area (Å²) < 4.78 is 0. The van der Waals surface area contributed by atoms with Crippen LogP contribution in [-0.4, -0.2) is 12.1 Å². The van der Waals surface area contributed by atoms with Crippen molar-refractivity contribution in [1.82, 2.24) is 0 Å². The number of hydrogen-bond donors (Lipinski definition) is 0. The van der Waals surface area contributed by atoms with Gasteiger partial charge in [-0.05, 0) is 0 Å². The van der Waals surface area contributed by atoms with Crippen LogP contribution in [0.4, 0.5) is 0 Å². The fourth-order valence-corrected chi connectivity index (χ4v) is 0.162. The van der Waals surface area contributed by atoms with Gasteiger partial charge in [0.15, 0.2) is 0 Å². The third-order valence-corrected chi connectivity index (χ3v) is 0.274. The molecule has 0 bridgehead atoms. The maximum absolute atomic E-state index is 8.24. The molecule has 0 saturated heterocycles. The predicted octanol–water partition coefficient (Wildman–Crippen LogP) is 0.939. The molecular formula is C4H6N2W. The molecule has 0 rings (SSSR count). The van der Waals surface area contributed by atoms with E-state index in [0.29, 0.717) is 0 Å². The average Bonchev–Trinajstić information content (AvgIpc) is 1.35. The quantitative estimate of drug-likeness (QED) is 0.355. The molecule has 0 aromatic heterocycles. The summed E-state index contributed by atoms with van der Waals surface area (Å²) in [5.41, 5.74) is 0. The molecular weight excluding hydrogens is 260 g/mol. The van der Waals surface area contributed by atoms with E-state index in [1.165, 1.54) is 6.92 Å². The van der Waals surface area contributed by atoms with Crippen LogP contribution >= 0.6 is 0 Å². The molecule has 0 N–H and O–H groups in total. The second kappa shape index (κ2) is 6.03. The summed E-state index contributed by atoms with van der Waals surface area (Å²) >= 11 is 0. The van der Waals surface area contributed by atoms with E-state index in [9.17, 15) is 0 Å². The second-order valence-corrected chi connectivity index (χ2v) is 0.883. The van der Waals surface area contributed by atoms with Gasteiger partial charge in [0.25, 0.3) is 0 Å². The second-order valence-electron chi connectivity index (χ2n) is 0.883. The van der Waals surface area contributed by atoms with Crippen molar-refractivity contribution in [2.75, 3.05) is 0 Å². The Bertz CT molecular complexity index is 77.8. The van der Waals surface area contributed by atoms with Gasteiger partial charge in [-0.15, -0.1) is 13.8 Å². The van der Waals surface area contributed by atoms with E-state index in [1.807, 2.05) is 0 Å². The summed E-state index contributed by atoms with van der Waals surface area (Å²) in [6, 6.07) is 0. The van der Waals surface area contributed by atoms with Crippen LogP contribution in [0.5, 0.6) is 0 Å². The first-order valence-electron chi connectivity index (χ1n) is 1.67. The smallest absolute Gasteiger partial charge is 0.645 e. The first-order chi connectivity index (χ1) is 2.77. The summed E-state index contributed by atoms with van der Waals surface area (Å²) in [5, 5.41) is 8.24. The van der Waals surface area contributed by atoms with Crippen LogP contribution in [0.2, 0.25) is 0 Å². The van der Waals surface area contributed by atoms with E-state index in [0.717, 1.165) is 0 Å². The minimum Gasteiger partial charge on any atom is -0.645 e. The molecule has 0 aliphatic heterocycles. The van der Waals surface area contributed by atoms with Gasteiger partial charge in [0, 0.05) is 0 Å². The van der Waals surface area contributed by atoms with Gasteiger partial charge in [-0.25, -0.2) is 0 Å². The maximum atomic E-state index is 8.24. The monoisotopic (exact) mass is 266 g/mol. The Morgan fingerprint density at radius 3 is 2.14 bits per heavy atom. The molecule has 0 aliphatic rings. The summed E-state index contributed by atoms with van der Waals surface area (Å²) in [5.74, 6) is 0.0532. The molecule has 0 aromatic carbocycles. The van der Waals surface area contributed by atoms with Crippen LogP contribution in [0.25, 0.3) is 5.41 Å². The zero-order valence-corrected chi connectivity index (χ0v) is 7.24. The van der Waals surface area contributed by atoms with Crippen molar-refractivity contribution in [2.45, 2.75) is 13.8 Å². The fraction of sp³-hybridized carbons (Fsp3) is 0.500. The SMILES string of the molecule is C[C-]=NC(C)=[N-].[W+2]. The summed E-state index contributed by atoms with van der Waals surface area (Å²) in [7, 11) is 0. The van der Waals surface area contributed by atoms with Crippen molar-refractivity contribution < 1.29 is 21.1 Å². The number of nitrogens with zero attached hydrogens (tertiary/aromatic N) is 2. The van der Waals surface area contributed by atoms with Crippen molar-refractivity contribution in [3.8, 4) is 0 Å². The molecule has 2 nitrogen and oxygen atoms in total. The van der Waals surface area contributed by atoms with Gasteiger partial charge in [0.2, 0.25) is 0 Å². The third-order valence-electron chi connectivity index (χ3n) is 0.274. The van der Waals surface area contributed by atoms with Gasteiger partial charge < -0.3 is 16.6 Å². The molecule has 0 atom stereocenters. The Morgan fingerprint density at radius 1 is 1.71 bits per heavy atom. The normalized spacial score (nSPS) is 8.29. The molecule has 0 saturated carbocycles. The summed E-state index contributed by atoms with van der Waals surface area (Å²) in [6.45, 7) is 3.12. The maximum Gasteiger partial charge on any atom is 2.00 e. The number of rotatable bonds is 0. The topological polar surface area (TPSA) is 34.7 Å². The molecule has 0 aromatic rings. The molecule has 0 spiro atoms. The van der Waals surface area contributed by atoms with Gasteiger partial charge in [-0.3, -0.25) is 5.84 Å².